The lowest BCUT2D eigenvalue weighted by Gasteiger charge is -2.06. The Hall–Kier alpha value is -2.01. The first kappa shape index (κ1) is 11.1. The second-order valence-corrected chi connectivity index (χ2v) is 4.47. The molecule has 0 aliphatic heterocycles. The molecule has 0 aliphatic rings. The van der Waals surface area contributed by atoms with Crippen LogP contribution in [0.1, 0.15) is 5.82 Å². The number of hydrogen-bond donors (Lipinski definition) is 2. The Morgan fingerprint density at radius 2 is 2.28 bits per heavy atom. The number of rotatable bonds is 3. The van der Waals surface area contributed by atoms with Crippen LogP contribution in [0.5, 0.6) is 0 Å². The summed E-state index contributed by atoms with van der Waals surface area (Å²) in [6.45, 7) is 0.632. The number of nitrogens with zero attached hydrogens (tertiary/aromatic N) is 3. The summed E-state index contributed by atoms with van der Waals surface area (Å²) in [4.78, 5) is 4.23. The summed E-state index contributed by atoms with van der Waals surface area (Å²) in [7, 11) is 1.89. The van der Waals surface area contributed by atoms with Crippen LogP contribution in [0.4, 0.5) is 5.69 Å². The number of nitrogens with one attached hydrogen (secondary N) is 2. The number of fused-ring (bicyclic) bond motifs is 1. The van der Waals surface area contributed by atoms with Gasteiger partial charge >= 0.3 is 0 Å². The molecule has 2 N–H and O–H groups in total. The number of aromatic nitrogens is 4. The number of H-pyrrole nitrogens is 1. The van der Waals surface area contributed by atoms with E-state index in [-0.39, 0.29) is 0 Å². The second kappa shape index (κ2) is 4.34. The SMILES string of the molecule is Cn1c(Cl)cnc1CNc1ccc2[nH]ncc2c1. The summed E-state index contributed by atoms with van der Waals surface area (Å²) in [6, 6.07) is 6.05. The molecule has 3 aromatic rings. The maximum Gasteiger partial charge on any atom is 0.128 e. The largest absolute Gasteiger partial charge is 0.378 e. The molecule has 0 bridgehead atoms. The van der Waals surface area contributed by atoms with E-state index in [1.54, 1.807) is 12.4 Å². The molecule has 6 heteroatoms. The molecule has 1 aromatic carbocycles. The molecule has 0 unspecified atom stereocenters. The smallest absolute Gasteiger partial charge is 0.128 e. The Balaban J connectivity index is 1.78. The Morgan fingerprint density at radius 3 is 3.06 bits per heavy atom. The first-order chi connectivity index (χ1) is 8.74. The molecular weight excluding hydrogens is 250 g/mol. The van der Waals surface area contributed by atoms with E-state index in [4.69, 9.17) is 11.6 Å². The van der Waals surface area contributed by atoms with E-state index in [9.17, 15) is 0 Å². The molecule has 0 fully saturated rings. The van der Waals surface area contributed by atoms with Gasteiger partial charge in [0.25, 0.3) is 0 Å². The predicted octanol–water partition coefficient (Wildman–Crippen LogP) is 2.56. The molecule has 2 heterocycles. The zero-order chi connectivity index (χ0) is 12.5. The molecule has 0 aliphatic carbocycles. The van der Waals surface area contributed by atoms with Crippen molar-refractivity contribution < 1.29 is 0 Å². The van der Waals surface area contributed by atoms with Gasteiger partial charge in [0.2, 0.25) is 0 Å². The van der Waals surface area contributed by atoms with E-state index in [1.807, 2.05) is 29.8 Å². The number of hydrogen-bond acceptors (Lipinski definition) is 3. The first-order valence-electron chi connectivity index (χ1n) is 5.57. The van der Waals surface area contributed by atoms with E-state index in [0.29, 0.717) is 11.7 Å². The summed E-state index contributed by atoms with van der Waals surface area (Å²) in [5.74, 6) is 0.896. The molecule has 92 valence electrons. The minimum atomic E-state index is 0.632. The average molecular weight is 262 g/mol. The van der Waals surface area contributed by atoms with Crippen molar-refractivity contribution >= 4 is 28.2 Å². The summed E-state index contributed by atoms with van der Waals surface area (Å²) in [6.07, 6.45) is 3.45. The van der Waals surface area contributed by atoms with E-state index < -0.39 is 0 Å². The third-order valence-electron chi connectivity index (χ3n) is 2.92. The predicted molar refractivity (Wildman–Crippen MR) is 71.6 cm³/mol. The van der Waals surface area contributed by atoms with Crippen molar-refractivity contribution in [2.45, 2.75) is 6.54 Å². The van der Waals surface area contributed by atoms with Crippen LogP contribution in [0.15, 0.2) is 30.6 Å². The Kier molecular flexibility index (Phi) is 2.68. The molecule has 3 rings (SSSR count). The number of anilines is 1. The lowest BCUT2D eigenvalue weighted by Crippen LogP contribution is -2.05. The summed E-state index contributed by atoms with van der Waals surface area (Å²) >= 11 is 5.93. The fourth-order valence-corrected chi connectivity index (χ4v) is 1.97. The monoisotopic (exact) mass is 261 g/mol. The molecule has 0 amide bonds. The standard InChI is InChI=1S/C12H12ClN5/c1-18-11(13)6-15-12(18)7-14-9-2-3-10-8(4-9)5-16-17-10/h2-6,14H,7H2,1H3,(H,16,17). The zero-order valence-electron chi connectivity index (χ0n) is 9.81. The van der Waals surface area contributed by atoms with Crippen LogP contribution in [0, 0.1) is 0 Å². The molecular formula is C12H12ClN5. The van der Waals surface area contributed by atoms with Crippen molar-refractivity contribution in [2.75, 3.05) is 5.32 Å². The van der Waals surface area contributed by atoms with Crippen molar-refractivity contribution in [1.82, 2.24) is 19.7 Å². The minimum absolute atomic E-state index is 0.632. The Bertz CT molecular complexity index is 685. The van der Waals surface area contributed by atoms with Gasteiger partial charge < -0.3 is 9.88 Å². The van der Waals surface area contributed by atoms with Crippen molar-refractivity contribution in [3.63, 3.8) is 0 Å². The van der Waals surface area contributed by atoms with Gasteiger partial charge in [-0.1, -0.05) is 11.6 Å². The molecule has 0 saturated heterocycles. The van der Waals surface area contributed by atoms with Gasteiger partial charge in [-0.25, -0.2) is 4.98 Å². The van der Waals surface area contributed by atoms with Crippen molar-refractivity contribution in [2.24, 2.45) is 7.05 Å². The van der Waals surface area contributed by atoms with Gasteiger partial charge in [0.15, 0.2) is 0 Å². The van der Waals surface area contributed by atoms with Gasteiger partial charge in [0.05, 0.1) is 24.5 Å². The lowest BCUT2D eigenvalue weighted by atomic mass is 10.2. The molecule has 5 nitrogen and oxygen atoms in total. The van der Waals surface area contributed by atoms with Crippen molar-refractivity contribution in [1.29, 1.82) is 0 Å². The van der Waals surface area contributed by atoms with Crippen LogP contribution in [-0.4, -0.2) is 19.7 Å². The van der Waals surface area contributed by atoms with Crippen LogP contribution < -0.4 is 5.32 Å². The van der Waals surface area contributed by atoms with Gasteiger partial charge in [-0.3, -0.25) is 5.10 Å². The quantitative estimate of drug-likeness (QED) is 0.762. The molecule has 18 heavy (non-hydrogen) atoms. The lowest BCUT2D eigenvalue weighted by molar-refractivity contribution is 0.813. The van der Waals surface area contributed by atoms with Crippen molar-refractivity contribution in [3.8, 4) is 0 Å². The topological polar surface area (TPSA) is 58.5 Å². The van der Waals surface area contributed by atoms with Crippen LogP contribution in [0.3, 0.4) is 0 Å². The van der Waals surface area contributed by atoms with Gasteiger partial charge in [0.1, 0.15) is 11.0 Å². The molecule has 0 saturated carbocycles. The van der Waals surface area contributed by atoms with Crippen LogP contribution >= 0.6 is 11.6 Å². The van der Waals surface area contributed by atoms with Gasteiger partial charge in [-0.2, -0.15) is 5.10 Å². The fraction of sp³-hybridized carbons (Fsp3) is 0.167. The van der Waals surface area contributed by atoms with E-state index >= 15 is 0 Å². The van der Waals surface area contributed by atoms with E-state index in [1.165, 1.54) is 0 Å². The molecule has 0 radical (unpaired) electrons. The summed E-state index contributed by atoms with van der Waals surface area (Å²) < 4.78 is 1.85. The maximum absolute atomic E-state index is 5.93. The zero-order valence-corrected chi connectivity index (χ0v) is 10.6. The highest BCUT2D eigenvalue weighted by molar-refractivity contribution is 6.29. The van der Waals surface area contributed by atoms with Crippen LogP contribution in [0.2, 0.25) is 5.15 Å². The van der Waals surface area contributed by atoms with E-state index in [0.717, 1.165) is 22.4 Å². The summed E-state index contributed by atoms with van der Waals surface area (Å²) in [5.41, 5.74) is 2.06. The van der Waals surface area contributed by atoms with Gasteiger partial charge in [-0.05, 0) is 18.2 Å². The van der Waals surface area contributed by atoms with Crippen molar-refractivity contribution in [3.05, 3.63) is 41.6 Å². The summed E-state index contributed by atoms with van der Waals surface area (Å²) in [5, 5.41) is 11.9. The third kappa shape index (κ3) is 1.93. The highest BCUT2D eigenvalue weighted by Gasteiger charge is 2.04. The third-order valence-corrected chi connectivity index (χ3v) is 3.27. The highest BCUT2D eigenvalue weighted by Crippen LogP contribution is 2.17. The second-order valence-electron chi connectivity index (χ2n) is 4.08. The van der Waals surface area contributed by atoms with E-state index in [2.05, 4.69) is 20.5 Å². The Labute approximate surface area is 109 Å². The molecule has 0 spiro atoms. The first-order valence-corrected chi connectivity index (χ1v) is 5.95. The number of imidazole rings is 1. The Morgan fingerprint density at radius 1 is 1.39 bits per heavy atom. The van der Waals surface area contributed by atoms with Crippen LogP contribution in [-0.2, 0) is 13.6 Å². The molecule has 2 aromatic heterocycles. The number of aromatic amines is 1. The maximum atomic E-state index is 5.93. The average Bonchev–Trinajstić information content (AvgIpc) is 2.96. The normalized spacial score (nSPS) is 11.0. The molecule has 0 atom stereocenters. The number of benzene rings is 1. The van der Waals surface area contributed by atoms with Gasteiger partial charge in [-0.15, -0.1) is 0 Å². The minimum Gasteiger partial charge on any atom is -0.378 e. The number of halogens is 1. The van der Waals surface area contributed by atoms with Crippen LogP contribution in [0.25, 0.3) is 10.9 Å². The fourth-order valence-electron chi connectivity index (χ4n) is 1.82. The van der Waals surface area contributed by atoms with Gasteiger partial charge in [0, 0.05) is 18.1 Å². The highest BCUT2D eigenvalue weighted by atomic mass is 35.5.